The van der Waals surface area contributed by atoms with Crippen molar-refractivity contribution >= 4 is 11.9 Å². The van der Waals surface area contributed by atoms with E-state index < -0.39 is 0 Å². The van der Waals surface area contributed by atoms with Crippen LogP contribution in [-0.2, 0) is 4.79 Å². The molecule has 0 heterocycles. The van der Waals surface area contributed by atoms with E-state index in [1.54, 1.807) is 6.08 Å². The number of carbonyl (C=O) groups excluding carboxylic acids is 1. The first-order chi connectivity index (χ1) is 9.74. The molecule has 0 radical (unpaired) electrons. The van der Waals surface area contributed by atoms with E-state index in [1.807, 2.05) is 30.3 Å². The van der Waals surface area contributed by atoms with Crippen LogP contribution in [0.5, 0.6) is 0 Å². The molecule has 102 valence electrons. The summed E-state index contributed by atoms with van der Waals surface area (Å²) < 4.78 is 0. The molecular formula is C18H19NO. The number of nitrogens with zero attached hydrogens (tertiary/aromatic N) is 1. The SMILES string of the molecule is C=C(c1ccc(C#N)cc1)[C@H]1CC[C@H](/C=C/C=O)CC1. The van der Waals surface area contributed by atoms with E-state index in [0.717, 1.165) is 37.5 Å². The fraction of sp³-hybridized carbons (Fsp3) is 0.333. The Balaban J connectivity index is 1.96. The van der Waals surface area contributed by atoms with Crippen LogP contribution in [0.2, 0.25) is 0 Å². The molecule has 0 aliphatic heterocycles. The summed E-state index contributed by atoms with van der Waals surface area (Å²) in [5.74, 6) is 1.05. The molecule has 1 aliphatic carbocycles. The van der Waals surface area contributed by atoms with Crippen molar-refractivity contribution in [3.8, 4) is 6.07 Å². The van der Waals surface area contributed by atoms with Gasteiger partial charge in [0.25, 0.3) is 0 Å². The van der Waals surface area contributed by atoms with Crippen molar-refractivity contribution in [2.45, 2.75) is 25.7 Å². The second-order valence-electron chi connectivity index (χ2n) is 5.35. The third-order valence-corrected chi connectivity index (χ3v) is 4.11. The average Bonchev–Trinajstić information content (AvgIpc) is 2.53. The smallest absolute Gasteiger partial charge is 0.142 e. The van der Waals surface area contributed by atoms with Crippen LogP contribution in [-0.4, -0.2) is 6.29 Å². The number of aldehydes is 1. The minimum atomic E-state index is 0.517. The number of carbonyl (C=O) groups is 1. The summed E-state index contributed by atoms with van der Waals surface area (Å²) in [5, 5.41) is 8.81. The van der Waals surface area contributed by atoms with Gasteiger partial charge in [-0.2, -0.15) is 5.26 Å². The van der Waals surface area contributed by atoms with Gasteiger partial charge in [-0.3, -0.25) is 4.79 Å². The summed E-state index contributed by atoms with van der Waals surface area (Å²) in [5.41, 5.74) is 2.99. The van der Waals surface area contributed by atoms with Gasteiger partial charge in [-0.1, -0.05) is 24.8 Å². The average molecular weight is 265 g/mol. The first-order valence-corrected chi connectivity index (χ1v) is 7.06. The molecule has 0 amide bonds. The Labute approximate surface area is 120 Å². The van der Waals surface area contributed by atoms with Crippen LogP contribution in [0.3, 0.4) is 0 Å². The van der Waals surface area contributed by atoms with Crippen molar-refractivity contribution in [3.63, 3.8) is 0 Å². The zero-order valence-electron chi connectivity index (χ0n) is 11.6. The van der Waals surface area contributed by atoms with Gasteiger partial charge in [0.1, 0.15) is 6.29 Å². The largest absolute Gasteiger partial charge is 0.299 e. The lowest BCUT2D eigenvalue weighted by atomic mass is 9.77. The summed E-state index contributed by atoms with van der Waals surface area (Å²) in [4.78, 5) is 10.3. The molecule has 2 nitrogen and oxygen atoms in total. The summed E-state index contributed by atoms with van der Waals surface area (Å²) in [6, 6.07) is 9.80. The van der Waals surface area contributed by atoms with Crippen molar-refractivity contribution in [2.75, 3.05) is 0 Å². The minimum absolute atomic E-state index is 0.517. The lowest BCUT2D eigenvalue weighted by Gasteiger charge is -2.28. The van der Waals surface area contributed by atoms with Crippen LogP contribution in [0.4, 0.5) is 0 Å². The number of nitriles is 1. The summed E-state index contributed by atoms with van der Waals surface area (Å²) in [6.45, 7) is 4.23. The summed E-state index contributed by atoms with van der Waals surface area (Å²) >= 11 is 0. The molecule has 0 atom stereocenters. The number of hydrogen-bond acceptors (Lipinski definition) is 2. The highest BCUT2D eigenvalue weighted by atomic mass is 16.1. The fourth-order valence-electron chi connectivity index (χ4n) is 2.86. The first-order valence-electron chi connectivity index (χ1n) is 7.06. The second kappa shape index (κ2) is 6.86. The molecule has 0 saturated heterocycles. The molecular weight excluding hydrogens is 246 g/mol. The van der Waals surface area contributed by atoms with Gasteiger partial charge < -0.3 is 0 Å². The number of allylic oxidation sites excluding steroid dienone is 3. The third-order valence-electron chi connectivity index (χ3n) is 4.11. The van der Waals surface area contributed by atoms with E-state index in [2.05, 4.69) is 12.6 Å². The Morgan fingerprint density at radius 2 is 1.85 bits per heavy atom. The Hall–Kier alpha value is -2.14. The Morgan fingerprint density at radius 1 is 1.20 bits per heavy atom. The van der Waals surface area contributed by atoms with Crippen molar-refractivity contribution in [2.24, 2.45) is 11.8 Å². The predicted octanol–water partition coefficient (Wildman–Crippen LogP) is 4.13. The van der Waals surface area contributed by atoms with Gasteiger partial charge in [0, 0.05) is 0 Å². The number of rotatable bonds is 4. The van der Waals surface area contributed by atoms with Crippen LogP contribution in [0.1, 0.15) is 36.8 Å². The van der Waals surface area contributed by atoms with Crippen molar-refractivity contribution in [1.29, 1.82) is 5.26 Å². The highest BCUT2D eigenvalue weighted by Crippen LogP contribution is 2.37. The van der Waals surface area contributed by atoms with Crippen LogP contribution < -0.4 is 0 Å². The van der Waals surface area contributed by atoms with Crippen LogP contribution in [0.25, 0.3) is 5.57 Å². The van der Waals surface area contributed by atoms with E-state index in [1.165, 1.54) is 5.57 Å². The van der Waals surface area contributed by atoms with Gasteiger partial charge in [0.15, 0.2) is 0 Å². The summed E-state index contributed by atoms with van der Waals surface area (Å²) in [6.07, 6.45) is 8.95. The molecule has 1 aliphatic rings. The Kier molecular flexibility index (Phi) is 4.90. The third kappa shape index (κ3) is 3.45. The molecule has 2 heteroatoms. The van der Waals surface area contributed by atoms with Gasteiger partial charge in [-0.25, -0.2) is 0 Å². The maximum Gasteiger partial charge on any atom is 0.142 e. The Bertz CT molecular complexity index is 540. The van der Waals surface area contributed by atoms with Gasteiger partial charge in [-0.05, 0) is 66.9 Å². The van der Waals surface area contributed by atoms with Crippen molar-refractivity contribution in [1.82, 2.24) is 0 Å². The summed E-state index contributed by atoms with van der Waals surface area (Å²) in [7, 11) is 0. The molecule has 1 aromatic rings. The molecule has 0 N–H and O–H groups in total. The van der Waals surface area contributed by atoms with Gasteiger partial charge in [-0.15, -0.1) is 0 Å². The quantitative estimate of drug-likeness (QED) is 0.606. The normalized spacial score (nSPS) is 22.4. The monoisotopic (exact) mass is 265 g/mol. The molecule has 0 unspecified atom stereocenters. The lowest BCUT2D eigenvalue weighted by molar-refractivity contribution is -0.104. The fourth-order valence-corrected chi connectivity index (χ4v) is 2.86. The Morgan fingerprint density at radius 3 is 2.40 bits per heavy atom. The van der Waals surface area contributed by atoms with E-state index in [4.69, 9.17) is 5.26 Å². The predicted molar refractivity (Wildman–Crippen MR) is 80.8 cm³/mol. The minimum Gasteiger partial charge on any atom is -0.299 e. The van der Waals surface area contributed by atoms with Crippen LogP contribution in [0, 0.1) is 23.2 Å². The molecule has 2 rings (SSSR count). The second-order valence-corrected chi connectivity index (χ2v) is 5.35. The highest BCUT2D eigenvalue weighted by molar-refractivity contribution is 5.66. The molecule has 0 spiro atoms. The van der Waals surface area contributed by atoms with Crippen molar-refractivity contribution < 1.29 is 4.79 Å². The van der Waals surface area contributed by atoms with Gasteiger partial charge in [0.2, 0.25) is 0 Å². The van der Waals surface area contributed by atoms with Crippen LogP contribution >= 0.6 is 0 Å². The van der Waals surface area contributed by atoms with Crippen molar-refractivity contribution in [3.05, 3.63) is 54.1 Å². The molecule has 1 fully saturated rings. The zero-order chi connectivity index (χ0) is 14.4. The standard InChI is InChI=1S/C18H19NO/c1-14(18-10-6-16(13-19)7-11-18)17-8-4-15(5-9-17)3-2-12-20/h2-3,6-7,10-12,15,17H,1,4-5,8-9H2/b3-2+/t15-,17-. The molecule has 20 heavy (non-hydrogen) atoms. The number of hydrogen-bond donors (Lipinski definition) is 0. The molecule has 0 aromatic heterocycles. The first kappa shape index (κ1) is 14.3. The zero-order valence-corrected chi connectivity index (χ0v) is 11.6. The number of benzene rings is 1. The maximum atomic E-state index is 10.3. The molecule has 1 aromatic carbocycles. The van der Waals surface area contributed by atoms with Crippen LogP contribution in [0.15, 0.2) is 43.0 Å². The topological polar surface area (TPSA) is 40.9 Å². The van der Waals surface area contributed by atoms with E-state index >= 15 is 0 Å². The maximum absolute atomic E-state index is 10.3. The van der Waals surface area contributed by atoms with E-state index in [9.17, 15) is 4.79 Å². The van der Waals surface area contributed by atoms with E-state index in [-0.39, 0.29) is 0 Å². The van der Waals surface area contributed by atoms with Gasteiger partial charge in [0.05, 0.1) is 11.6 Å². The molecule has 0 bridgehead atoms. The highest BCUT2D eigenvalue weighted by Gasteiger charge is 2.22. The van der Waals surface area contributed by atoms with E-state index in [0.29, 0.717) is 17.4 Å². The lowest BCUT2D eigenvalue weighted by Crippen LogP contribution is -2.14. The van der Waals surface area contributed by atoms with Gasteiger partial charge >= 0.3 is 0 Å². The molecule has 1 saturated carbocycles.